The van der Waals surface area contributed by atoms with Crippen LogP contribution in [-0.2, 0) is 28.4 Å². The minimum absolute atomic E-state index is 0.0965. The summed E-state index contributed by atoms with van der Waals surface area (Å²) in [5, 5.41) is 50.0. The van der Waals surface area contributed by atoms with Crippen molar-refractivity contribution in [3.05, 3.63) is 78.1 Å². The molecule has 4 unspecified atom stereocenters. The van der Waals surface area contributed by atoms with Crippen molar-refractivity contribution in [2.45, 2.75) is 125 Å². The van der Waals surface area contributed by atoms with Gasteiger partial charge in [-0.25, -0.2) is 9.59 Å². The summed E-state index contributed by atoms with van der Waals surface area (Å²) in [5.41, 5.74) is -5.70. The van der Waals surface area contributed by atoms with E-state index in [1.54, 1.807) is 24.3 Å². The van der Waals surface area contributed by atoms with E-state index >= 15 is 0 Å². The van der Waals surface area contributed by atoms with Gasteiger partial charge < -0.3 is 48.8 Å². The standard InChI is InChI=1S/C43H53NO12/c1-23(2)39-20-28(21-51-36(47)26-13-9-7-10-14-26)42-31-34(39)54-43(55-39,56-42)29(46)15-11-6-5-8-12-24(3)30-25(4)33(52-37(48)27-16-18-44-19-17-27)41(50,32(30)42)38(49)40(22-45)35(31)53-40/h7,9-10,13-14,16-19,24-25,28-35,38,45-46,49-50H,1,5-6,8,11-12,15,20-22H2,2-4H3/t24-,25+,28+,29-,30?,31?,32?,33+,34-,35+,38-,39-,40+,41-,42-,43?/m1/s1. The van der Waals surface area contributed by atoms with Crippen molar-refractivity contribution in [3.8, 4) is 0 Å². The first-order valence-electron chi connectivity index (χ1n) is 20.2. The third-order valence-electron chi connectivity index (χ3n) is 14.8. The molecule has 4 aliphatic heterocycles. The van der Waals surface area contributed by atoms with Crippen molar-refractivity contribution < 1.29 is 58.4 Å². The summed E-state index contributed by atoms with van der Waals surface area (Å²) in [6.45, 7) is 9.38. The molecule has 13 heteroatoms. The molecule has 7 aliphatic rings. The summed E-state index contributed by atoms with van der Waals surface area (Å²) in [4.78, 5) is 31.7. The van der Waals surface area contributed by atoms with E-state index in [0.29, 0.717) is 24.0 Å². The Labute approximate surface area is 326 Å². The molecule has 0 amide bonds. The molecule has 3 saturated carbocycles. The predicted octanol–water partition coefficient (Wildman–Crippen LogP) is 3.72. The van der Waals surface area contributed by atoms with Gasteiger partial charge >= 0.3 is 17.9 Å². The van der Waals surface area contributed by atoms with Gasteiger partial charge in [-0.1, -0.05) is 70.7 Å². The molecule has 1 aromatic carbocycles. The van der Waals surface area contributed by atoms with Gasteiger partial charge in [-0.2, -0.15) is 0 Å². The quantitative estimate of drug-likeness (QED) is 0.181. The number of ether oxygens (including phenoxy) is 6. The number of aromatic nitrogens is 1. The van der Waals surface area contributed by atoms with Crippen LogP contribution >= 0.6 is 0 Å². The molecule has 4 N–H and O–H groups in total. The lowest BCUT2D eigenvalue weighted by atomic mass is 9.51. The maximum atomic E-state index is 14.0. The van der Waals surface area contributed by atoms with Crippen LogP contribution in [0.1, 0.15) is 86.4 Å². The van der Waals surface area contributed by atoms with Gasteiger partial charge in [-0.15, -0.1) is 0 Å². The average Bonchev–Trinajstić information content (AvgIpc) is 3.84. The van der Waals surface area contributed by atoms with Crippen molar-refractivity contribution in [2.24, 2.45) is 35.5 Å². The van der Waals surface area contributed by atoms with Gasteiger partial charge in [0, 0.05) is 30.1 Å². The summed E-state index contributed by atoms with van der Waals surface area (Å²) in [6.07, 6.45) is 1.34. The molecule has 3 bridgehead atoms. The fourth-order valence-corrected chi connectivity index (χ4v) is 12.3. The number of benzene rings is 1. The van der Waals surface area contributed by atoms with Gasteiger partial charge in [0.1, 0.15) is 47.3 Å². The molecule has 13 nitrogen and oxygen atoms in total. The Morgan fingerprint density at radius 3 is 2.32 bits per heavy atom. The van der Waals surface area contributed by atoms with Crippen LogP contribution in [0.25, 0.3) is 0 Å². The normalized spacial score (nSPS) is 47.3. The molecular weight excluding hydrogens is 722 g/mol. The topological polar surface area (TPSA) is 187 Å². The molecular formula is C43H53NO12. The van der Waals surface area contributed by atoms with E-state index in [0.717, 1.165) is 25.7 Å². The number of epoxide rings is 1. The molecule has 56 heavy (non-hydrogen) atoms. The highest BCUT2D eigenvalue weighted by atomic mass is 16.9. The Morgan fingerprint density at radius 1 is 0.929 bits per heavy atom. The van der Waals surface area contributed by atoms with Crippen molar-refractivity contribution >= 4 is 11.9 Å². The monoisotopic (exact) mass is 775 g/mol. The summed E-state index contributed by atoms with van der Waals surface area (Å²) in [7, 11) is 0. The number of rotatable bonds is 7. The van der Waals surface area contributed by atoms with Crippen LogP contribution in [0.4, 0.5) is 0 Å². The van der Waals surface area contributed by atoms with E-state index in [9.17, 15) is 30.0 Å². The van der Waals surface area contributed by atoms with Gasteiger partial charge in [0.15, 0.2) is 0 Å². The minimum atomic E-state index is -2.29. The van der Waals surface area contributed by atoms with Gasteiger partial charge in [0.05, 0.1) is 29.9 Å². The number of nitrogens with zero attached hydrogens (tertiary/aromatic N) is 1. The minimum Gasteiger partial charge on any atom is -0.462 e. The molecule has 2 aromatic rings. The molecule has 7 fully saturated rings. The summed E-state index contributed by atoms with van der Waals surface area (Å²) < 4.78 is 40.3. The lowest BCUT2D eigenvalue weighted by Crippen LogP contribution is -2.75. The number of carbonyl (C=O) groups is 2. The molecule has 16 atom stereocenters. The van der Waals surface area contributed by atoms with Crippen LogP contribution in [0, 0.1) is 35.5 Å². The Kier molecular flexibility index (Phi) is 9.14. The Morgan fingerprint density at radius 2 is 1.62 bits per heavy atom. The van der Waals surface area contributed by atoms with Crippen molar-refractivity contribution in [1.82, 2.24) is 4.98 Å². The third kappa shape index (κ3) is 5.11. The summed E-state index contributed by atoms with van der Waals surface area (Å²) >= 11 is 0. The van der Waals surface area contributed by atoms with E-state index in [2.05, 4.69) is 18.5 Å². The van der Waals surface area contributed by atoms with Crippen LogP contribution in [-0.4, -0.2) is 109 Å². The number of esters is 2. The van der Waals surface area contributed by atoms with E-state index in [1.165, 1.54) is 24.5 Å². The highest BCUT2D eigenvalue weighted by Gasteiger charge is 2.91. The number of hydrogen-bond donors (Lipinski definition) is 4. The average molecular weight is 776 g/mol. The molecule has 2 spiro atoms. The molecule has 3 aliphatic carbocycles. The Hall–Kier alpha value is -3.27. The SMILES string of the molecule is C=C(C)[C@]12C[C@@H](COC(=O)c3ccccc3)[C@@]34OC5(O[C@@H]1C3[C@@H]1O[C@]1(CO)[C@@H](O)[C@@]1(O)C4C([C@H](C)CCCCCC[C@H]5O)[C@H](C)[C@@H]1OC(=O)c1ccncc1)O2. The van der Waals surface area contributed by atoms with Gasteiger partial charge in [0.2, 0.25) is 0 Å². The second kappa shape index (κ2) is 13.4. The molecule has 5 heterocycles. The summed E-state index contributed by atoms with van der Waals surface area (Å²) in [6, 6.07) is 11.7. The Balaban J connectivity index is 1.28. The zero-order valence-electron chi connectivity index (χ0n) is 32.1. The van der Waals surface area contributed by atoms with Crippen LogP contribution in [0.15, 0.2) is 67.0 Å². The van der Waals surface area contributed by atoms with Crippen molar-refractivity contribution in [2.75, 3.05) is 13.2 Å². The van der Waals surface area contributed by atoms with E-state index in [4.69, 9.17) is 28.4 Å². The number of hydrogen-bond acceptors (Lipinski definition) is 13. The number of aliphatic hydroxyl groups is 4. The molecule has 9 rings (SSSR count). The fraction of sp³-hybridized carbons (Fsp3) is 0.651. The highest BCUT2D eigenvalue weighted by Crippen LogP contribution is 2.75. The number of fused-ring (bicyclic) bond motifs is 1. The van der Waals surface area contributed by atoms with E-state index in [1.807, 2.05) is 19.9 Å². The van der Waals surface area contributed by atoms with Crippen LogP contribution in [0.2, 0.25) is 0 Å². The maximum absolute atomic E-state index is 14.0. The van der Waals surface area contributed by atoms with Crippen molar-refractivity contribution in [1.29, 1.82) is 0 Å². The van der Waals surface area contributed by atoms with Crippen LogP contribution in [0.3, 0.4) is 0 Å². The fourth-order valence-electron chi connectivity index (χ4n) is 12.3. The molecule has 4 saturated heterocycles. The van der Waals surface area contributed by atoms with Gasteiger partial charge in [-0.3, -0.25) is 4.98 Å². The van der Waals surface area contributed by atoms with Gasteiger partial charge in [0.25, 0.3) is 0 Å². The largest absolute Gasteiger partial charge is 0.462 e. The highest BCUT2D eigenvalue weighted by molar-refractivity contribution is 5.89. The second-order valence-electron chi connectivity index (χ2n) is 17.7. The van der Waals surface area contributed by atoms with E-state index < -0.39 is 107 Å². The number of aliphatic hydroxyl groups excluding tert-OH is 3. The second-order valence-corrected chi connectivity index (χ2v) is 17.7. The Bertz CT molecular complexity index is 1860. The third-order valence-corrected chi connectivity index (χ3v) is 14.8. The number of carbonyl (C=O) groups excluding carboxylic acids is 2. The zero-order valence-corrected chi connectivity index (χ0v) is 32.1. The van der Waals surface area contributed by atoms with Crippen molar-refractivity contribution in [3.63, 3.8) is 0 Å². The first-order valence-corrected chi connectivity index (χ1v) is 20.2. The lowest BCUT2D eigenvalue weighted by Gasteiger charge is -2.62. The first-order chi connectivity index (χ1) is 26.8. The lowest BCUT2D eigenvalue weighted by molar-refractivity contribution is -0.459. The smallest absolute Gasteiger partial charge is 0.338 e. The van der Waals surface area contributed by atoms with Crippen LogP contribution in [0.5, 0.6) is 0 Å². The zero-order chi connectivity index (χ0) is 39.4. The molecule has 0 radical (unpaired) electrons. The molecule has 302 valence electrons. The summed E-state index contributed by atoms with van der Waals surface area (Å²) in [5.74, 6) is -7.03. The van der Waals surface area contributed by atoms with E-state index in [-0.39, 0.29) is 24.5 Å². The maximum Gasteiger partial charge on any atom is 0.338 e. The number of pyridine rings is 1. The first kappa shape index (κ1) is 38.3. The predicted molar refractivity (Wildman–Crippen MR) is 196 cm³/mol. The van der Waals surface area contributed by atoms with Gasteiger partial charge in [-0.05, 0) is 67.4 Å². The van der Waals surface area contributed by atoms with Crippen LogP contribution < -0.4 is 0 Å². The molecule has 1 aromatic heterocycles.